The van der Waals surface area contributed by atoms with E-state index in [4.69, 9.17) is 9.15 Å². The molecule has 0 spiro atoms. The molecule has 2 rings (SSSR count). The van der Waals surface area contributed by atoms with Gasteiger partial charge in [-0.2, -0.15) is 0 Å². The van der Waals surface area contributed by atoms with Crippen LogP contribution in [-0.4, -0.2) is 45.6 Å². The number of hydrogen-bond acceptors (Lipinski definition) is 5. The number of nitrogens with one attached hydrogen (secondary N) is 1. The number of sulfonamides is 1. The molecule has 1 aliphatic heterocycles. The number of hydrogen-bond donors (Lipinski definition) is 1. The third-order valence-corrected chi connectivity index (χ3v) is 4.98. The van der Waals surface area contributed by atoms with Crippen LogP contribution in [0.2, 0.25) is 0 Å². The molecular formula is C12H20N2O4S. The maximum atomic E-state index is 11.8. The van der Waals surface area contributed by atoms with Crippen LogP contribution in [0.5, 0.6) is 0 Å². The van der Waals surface area contributed by atoms with Gasteiger partial charge in [-0.1, -0.05) is 0 Å². The Balaban J connectivity index is 1.98. The van der Waals surface area contributed by atoms with Crippen LogP contribution in [0, 0.1) is 0 Å². The molecule has 0 aromatic carbocycles. The number of ether oxygens (including phenoxy) is 1. The molecular weight excluding hydrogens is 268 g/mol. The average Bonchev–Trinajstić information content (AvgIpc) is 2.95. The van der Waals surface area contributed by atoms with Gasteiger partial charge in [-0.15, -0.1) is 0 Å². The lowest BCUT2D eigenvalue weighted by Crippen LogP contribution is -2.34. The molecule has 108 valence electrons. The Morgan fingerprint density at radius 3 is 2.74 bits per heavy atom. The summed E-state index contributed by atoms with van der Waals surface area (Å²) < 4.78 is 35.7. The zero-order valence-corrected chi connectivity index (χ0v) is 12.2. The van der Waals surface area contributed by atoms with Crippen LogP contribution in [-0.2, 0) is 21.3 Å². The third-order valence-electron chi connectivity index (χ3n) is 3.29. The normalized spacial score (nSPS) is 24.2. The summed E-state index contributed by atoms with van der Waals surface area (Å²) in [6, 6.07) is 3.46. The van der Waals surface area contributed by atoms with Crippen LogP contribution >= 0.6 is 0 Å². The second-order valence-corrected chi connectivity index (χ2v) is 6.94. The molecule has 1 fully saturated rings. The van der Waals surface area contributed by atoms with Crippen LogP contribution in [0.25, 0.3) is 0 Å². The predicted molar refractivity (Wildman–Crippen MR) is 70.2 cm³/mol. The fourth-order valence-electron chi connectivity index (χ4n) is 2.00. The van der Waals surface area contributed by atoms with E-state index in [1.165, 1.54) is 20.2 Å². The molecule has 0 radical (unpaired) electrons. The Morgan fingerprint density at radius 1 is 1.42 bits per heavy atom. The monoisotopic (exact) mass is 288 g/mol. The summed E-state index contributed by atoms with van der Waals surface area (Å²) in [6.45, 7) is 3.29. The molecule has 1 aromatic heterocycles. The van der Waals surface area contributed by atoms with Gasteiger partial charge in [0.1, 0.15) is 5.76 Å². The van der Waals surface area contributed by atoms with Crippen molar-refractivity contribution in [3.05, 3.63) is 17.9 Å². The Morgan fingerprint density at radius 2 is 2.16 bits per heavy atom. The Kier molecular flexibility index (Phi) is 4.29. The maximum absolute atomic E-state index is 11.8. The average molecular weight is 288 g/mol. The first-order valence-corrected chi connectivity index (χ1v) is 7.71. The molecule has 19 heavy (non-hydrogen) atoms. The van der Waals surface area contributed by atoms with Crippen LogP contribution in [0.1, 0.15) is 19.1 Å². The van der Waals surface area contributed by atoms with E-state index in [1.54, 1.807) is 6.07 Å². The van der Waals surface area contributed by atoms with Gasteiger partial charge in [0.25, 0.3) is 10.0 Å². The minimum atomic E-state index is -3.49. The van der Waals surface area contributed by atoms with Crippen molar-refractivity contribution in [2.24, 2.45) is 0 Å². The second-order valence-electron chi connectivity index (χ2n) is 4.86. The van der Waals surface area contributed by atoms with E-state index in [-0.39, 0.29) is 11.2 Å². The van der Waals surface area contributed by atoms with Crippen LogP contribution < -0.4 is 5.32 Å². The largest absolute Gasteiger partial charge is 0.447 e. The molecule has 1 aliphatic rings. The predicted octanol–water partition coefficient (Wildman–Crippen LogP) is 0.797. The van der Waals surface area contributed by atoms with Crippen LogP contribution in [0.3, 0.4) is 0 Å². The minimum Gasteiger partial charge on any atom is -0.447 e. The van der Waals surface area contributed by atoms with Crippen molar-refractivity contribution < 1.29 is 17.6 Å². The van der Waals surface area contributed by atoms with Crippen molar-refractivity contribution in [1.29, 1.82) is 0 Å². The van der Waals surface area contributed by atoms with Gasteiger partial charge >= 0.3 is 0 Å². The van der Waals surface area contributed by atoms with E-state index in [0.717, 1.165) is 17.3 Å². The maximum Gasteiger partial charge on any atom is 0.275 e. The summed E-state index contributed by atoms with van der Waals surface area (Å²) in [5.74, 6) is 0.611. The lowest BCUT2D eigenvalue weighted by atomic mass is 10.1. The van der Waals surface area contributed by atoms with Crippen LogP contribution in [0.15, 0.2) is 21.6 Å². The highest BCUT2D eigenvalue weighted by molar-refractivity contribution is 7.88. The van der Waals surface area contributed by atoms with Gasteiger partial charge < -0.3 is 14.5 Å². The highest BCUT2D eigenvalue weighted by Gasteiger charge is 2.25. The van der Waals surface area contributed by atoms with Crippen molar-refractivity contribution in [1.82, 2.24) is 9.62 Å². The standard InChI is InChI=1S/C12H20N2O4S/c1-9-11(6-7-17-9)13-8-10-4-5-12(18-10)19(15,16)14(2)3/h4-5,9,11,13H,6-8H2,1-3H3. The molecule has 6 nitrogen and oxygen atoms in total. The fourth-order valence-corrected chi connectivity index (χ4v) is 2.82. The molecule has 2 atom stereocenters. The summed E-state index contributed by atoms with van der Waals surface area (Å²) in [4.78, 5) is 0. The van der Waals surface area contributed by atoms with E-state index in [0.29, 0.717) is 18.3 Å². The quantitative estimate of drug-likeness (QED) is 0.867. The lowest BCUT2D eigenvalue weighted by Gasteiger charge is -2.14. The van der Waals surface area contributed by atoms with Gasteiger partial charge in [0, 0.05) is 26.7 Å². The molecule has 2 unspecified atom stereocenters. The van der Waals surface area contributed by atoms with Gasteiger partial charge in [-0.3, -0.25) is 0 Å². The van der Waals surface area contributed by atoms with Crippen molar-refractivity contribution in [2.75, 3.05) is 20.7 Å². The molecule has 0 amide bonds. The first-order chi connectivity index (χ1) is 8.91. The number of nitrogens with zero attached hydrogens (tertiary/aromatic N) is 1. The summed E-state index contributed by atoms with van der Waals surface area (Å²) in [5, 5.41) is 3.29. The summed E-state index contributed by atoms with van der Waals surface area (Å²) in [7, 11) is -0.531. The number of rotatable bonds is 5. The highest BCUT2D eigenvalue weighted by Crippen LogP contribution is 2.18. The lowest BCUT2D eigenvalue weighted by molar-refractivity contribution is 0.112. The summed E-state index contributed by atoms with van der Waals surface area (Å²) in [6.07, 6.45) is 1.14. The molecule has 7 heteroatoms. The Labute approximate surface area is 113 Å². The van der Waals surface area contributed by atoms with E-state index >= 15 is 0 Å². The first-order valence-electron chi connectivity index (χ1n) is 6.27. The van der Waals surface area contributed by atoms with Gasteiger partial charge in [-0.05, 0) is 25.5 Å². The summed E-state index contributed by atoms with van der Waals surface area (Å²) in [5.41, 5.74) is 0. The van der Waals surface area contributed by atoms with Gasteiger partial charge in [0.2, 0.25) is 5.09 Å². The van der Waals surface area contributed by atoms with Gasteiger partial charge in [0.15, 0.2) is 0 Å². The molecule has 0 aliphatic carbocycles. The van der Waals surface area contributed by atoms with Crippen molar-refractivity contribution in [3.8, 4) is 0 Å². The SMILES string of the molecule is CC1OCCC1NCc1ccc(S(=O)(=O)N(C)C)o1. The first kappa shape index (κ1) is 14.5. The molecule has 1 saturated heterocycles. The third kappa shape index (κ3) is 3.17. The Bertz CT molecular complexity index is 524. The van der Waals surface area contributed by atoms with Crippen molar-refractivity contribution in [3.63, 3.8) is 0 Å². The zero-order valence-electron chi connectivity index (χ0n) is 11.4. The molecule has 1 aromatic rings. The molecule has 0 saturated carbocycles. The molecule has 1 N–H and O–H groups in total. The van der Waals surface area contributed by atoms with Crippen molar-refractivity contribution in [2.45, 2.75) is 37.1 Å². The minimum absolute atomic E-state index is 0.0231. The molecule has 2 heterocycles. The van der Waals surface area contributed by atoms with Gasteiger partial charge in [-0.25, -0.2) is 12.7 Å². The van der Waals surface area contributed by atoms with E-state index in [1.807, 2.05) is 6.92 Å². The topological polar surface area (TPSA) is 71.8 Å². The van der Waals surface area contributed by atoms with Crippen LogP contribution in [0.4, 0.5) is 0 Å². The highest BCUT2D eigenvalue weighted by atomic mass is 32.2. The molecule has 0 bridgehead atoms. The smallest absolute Gasteiger partial charge is 0.275 e. The second kappa shape index (κ2) is 5.62. The summed E-state index contributed by atoms with van der Waals surface area (Å²) >= 11 is 0. The Hall–Kier alpha value is -0.890. The van der Waals surface area contributed by atoms with Crippen molar-refractivity contribution >= 4 is 10.0 Å². The van der Waals surface area contributed by atoms with Gasteiger partial charge in [0.05, 0.1) is 12.6 Å². The van der Waals surface area contributed by atoms with E-state index in [9.17, 15) is 8.42 Å². The zero-order chi connectivity index (χ0) is 14.0. The van der Waals surface area contributed by atoms with E-state index in [2.05, 4.69) is 5.32 Å². The van der Waals surface area contributed by atoms with E-state index < -0.39 is 10.0 Å². The fraction of sp³-hybridized carbons (Fsp3) is 0.667. The number of furan rings is 1.